The van der Waals surface area contributed by atoms with Crippen LogP contribution in [0.2, 0.25) is 0 Å². The Bertz CT molecular complexity index is 1210. The number of alkyl halides is 5. The van der Waals surface area contributed by atoms with Crippen LogP contribution in [-0.2, 0) is 17.5 Å². The summed E-state index contributed by atoms with van der Waals surface area (Å²) < 4.78 is 70.9. The van der Waals surface area contributed by atoms with Crippen LogP contribution in [0.5, 0.6) is 0 Å². The second-order valence-corrected chi connectivity index (χ2v) is 8.80. The fourth-order valence-electron chi connectivity index (χ4n) is 4.32. The standard InChI is InChI=1S/C24H24F5N5O2/c1-16(33-11-8-23(25,26)20(13-33)17-6-9-34(36)10-7-17)22(35)31-21-14-32(15-30-21)12-18-4-2-3-5-19(18)24(27,28)29/h2-7,9-10,14-16,20H,8,11-13H2,1H3,(H,31,35)/t16-,20+/m0/s1. The van der Waals surface area contributed by atoms with Gasteiger partial charge in [0.1, 0.15) is 0 Å². The Kier molecular flexibility index (Phi) is 6.98. The first-order chi connectivity index (χ1) is 16.9. The van der Waals surface area contributed by atoms with Gasteiger partial charge in [-0.1, -0.05) is 18.2 Å². The molecule has 1 aliphatic rings. The van der Waals surface area contributed by atoms with Gasteiger partial charge in [0.05, 0.1) is 23.9 Å². The highest BCUT2D eigenvalue weighted by Gasteiger charge is 2.46. The number of benzene rings is 1. The number of hydrogen-bond acceptors (Lipinski definition) is 4. The molecule has 36 heavy (non-hydrogen) atoms. The molecule has 1 fully saturated rings. The van der Waals surface area contributed by atoms with Gasteiger partial charge in [0.25, 0.3) is 5.92 Å². The number of piperidine rings is 1. The molecule has 1 N–H and O–H groups in total. The third-order valence-electron chi connectivity index (χ3n) is 6.38. The van der Waals surface area contributed by atoms with E-state index in [0.29, 0.717) is 10.3 Å². The maximum Gasteiger partial charge on any atom is 0.416 e. The van der Waals surface area contributed by atoms with Gasteiger partial charge in [0.15, 0.2) is 18.2 Å². The summed E-state index contributed by atoms with van der Waals surface area (Å²) in [7, 11) is 0. The summed E-state index contributed by atoms with van der Waals surface area (Å²) in [5.41, 5.74) is -0.391. The highest BCUT2D eigenvalue weighted by Crippen LogP contribution is 2.40. The molecule has 4 rings (SSSR count). The average Bonchev–Trinajstić information content (AvgIpc) is 3.25. The smallest absolute Gasteiger partial charge is 0.416 e. The number of halogens is 5. The van der Waals surface area contributed by atoms with Crippen LogP contribution in [-0.4, -0.2) is 45.4 Å². The summed E-state index contributed by atoms with van der Waals surface area (Å²) in [6.45, 7) is 1.39. The molecular weight excluding hydrogens is 485 g/mol. The van der Waals surface area contributed by atoms with E-state index in [0.717, 1.165) is 18.5 Å². The number of imidazole rings is 1. The SMILES string of the molecule is C[C@@H](C(=O)Nc1cn(Cc2ccccc2C(F)(F)F)cn1)N1CCC(F)(F)[C@@H](c2cc[n+]([O-])cc2)C1. The van der Waals surface area contributed by atoms with Crippen molar-refractivity contribution >= 4 is 11.7 Å². The van der Waals surface area contributed by atoms with Crippen molar-refractivity contribution in [2.24, 2.45) is 0 Å². The van der Waals surface area contributed by atoms with E-state index in [1.165, 1.54) is 47.4 Å². The van der Waals surface area contributed by atoms with Crippen LogP contribution in [0, 0.1) is 5.21 Å². The molecule has 3 heterocycles. The van der Waals surface area contributed by atoms with E-state index in [1.807, 2.05) is 0 Å². The number of carbonyl (C=O) groups excluding carboxylic acids is 1. The van der Waals surface area contributed by atoms with Crippen LogP contribution in [0.25, 0.3) is 0 Å². The Labute approximate surface area is 203 Å². The molecule has 2 aromatic heterocycles. The van der Waals surface area contributed by atoms with Gasteiger partial charge >= 0.3 is 6.18 Å². The quantitative estimate of drug-likeness (QED) is 0.309. The molecule has 0 bridgehead atoms. The molecule has 0 spiro atoms. The van der Waals surface area contributed by atoms with Gasteiger partial charge in [-0.2, -0.15) is 17.9 Å². The van der Waals surface area contributed by atoms with Crippen molar-refractivity contribution < 1.29 is 31.5 Å². The highest BCUT2D eigenvalue weighted by atomic mass is 19.4. The molecule has 2 atom stereocenters. The fraction of sp³-hybridized carbons (Fsp3) is 0.375. The second kappa shape index (κ2) is 9.84. The van der Waals surface area contributed by atoms with Gasteiger partial charge in [-0.25, -0.2) is 13.8 Å². The lowest BCUT2D eigenvalue weighted by Crippen LogP contribution is -2.52. The van der Waals surface area contributed by atoms with Crippen molar-refractivity contribution in [3.63, 3.8) is 0 Å². The lowest BCUT2D eigenvalue weighted by atomic mass is 9.87. The monoisotopic (exact) mass is 509 g/mol. The van der Waals surface area contributed by atoms with Crippen LogP contribution in [0.1, 0.15) is 36.0 Å². The lowest BCUT2D eigenvalue weighted by Gasteiger charge is -2.40. The number of rotatable bonds is 6. The second-order valence-electron chi connectivity index (χ2n) is 8.80. The van der Waals surface area contributed by atoms with Crippen LogP contribution in [0.4, 0.5) is 27.8 Å². The summed E-state index contributed by atoms with van der Waals surface area (Å²) >= 11 is 0. The third-order valence-corrected chi connectivity index (χ3v) is 6.38. The molecule has 1 aromatic carbocycles. The molecule has 0 radical (unpaired) electrons. The van der Waals surface area contributed by atoms with Gasteiger partial charge < -0.3 is 15.1 Å². The minimum absolute atomic E-state index is 0.00482. The van der Waals surface area contributed by atoms with E-state index in [-0.39, 0.29) is 31.0 Å². The minimum atomic E-state index is -4.50. The summed E-state index contributed by atoms with van der Waals surface area (Å²) in [6.07, 6.45) is 0.0843. The van der Waals surface area contributed by atoms with Crippen molar-refractivity contribution in [3.8, 4) is 0 Å². The molecular formula is C24H24F5N5O2. The van der Waals surface area contributed by atoms with Gasteiger partial charge in [-0.3, -0.25) is 9.69 Å². The number of pyridine rings is 1. The van der Waals surface area contributed by atoms with Crippen LogP contribution >= 0.6 is 0 Å². The van der Waals surface area contributed by atoms with Crippen LogP contribution in [0.3, 0.4) is 0 Å². The number of carbonyl (C=O) groups is 1. The zero-order valence-corrected chi connectivity index (χ0v) is 19.3. The first-order valence-corrected chi connectivity index (χ1v) is 11.2. The Morgan fingerprint density at radius 3 is 2.64 bits per heavy atom. The average molecular weight is 509 g/mol. The Hall–Kier alpha value is -3.54. The topological polar surface area (TPSA) is 77.1 Å². The predicted octanol–water partition coefficient (Wildman–Crippen LogP) is 4.04. The largest absolute Gasteiger partial charge is 0.619 e. The number of hydrogen-bond donors (Lipinski definition) is 1. The Morgan fingerprint density at radius 2 is 1.94 bits per heavy atom. The summed E-state index contributed by atoms with van der Waals surface area (Å²) in [5.74, 6) is -4.52. The van der Waals surface area contributed by atoms with E-state index < -0.39 is 42.0 Å². The van der Waals surface area contributed by atoms with E-state index in [4.69, 9.17) is 0 Å². The zero-order valence-electron chi connectivity index (χ0n) is 19.3. The molecule has 0 saturated carbocycles. The molecule has 1 saturated heterocycles. The van der Waals surface area contributed by atoms with Crippen molar-refractivity contribution in [2.75, 3.05) is 18.4 Å². The maximum atomic E-state index is 14.6. The number of nitrogens with zero attached hydrogens (tertiary/aromatic N) is 4. The van der Waals surface area contributed by atoms with Gasteiger partial charge in [0.2, 0.25) is 5.91 Å². The van der Waals surface area contributed by atoms with E-state index >= 15 is 0 Å². The summed E-state index contributed by atoms with van der Waals surface area (Å²) in [4.78, 5) is 18.5. The fourth-order valence-corrected chi connectivity index (χ4v) is 4.32. The normalized spacial score (nSPS) is 19.1. The summed E-state index contributed by atoms with van der Waals surface area (Å²) in [5, 5.41) is 13.9. The molecule has 7 nitrogen and oxygen atoms in total. The third kappa shape index (κ3) is 5.64. The molecule has 3 aromatic rings. The van der Waals surface area contributed by atoms with Gasteiger partial charge in [0, 0.05) is 44.4 Å². The Balaban J connectivity index is 1.41. The van der Waals surface area contributed by atoms with Crippen molar-refractivity contribution in [3.05, 3.63) is 83.2 Å². The van der Waals surface area contributed by atoms with E-state index in [2.05, 4.69) is 10.3 Å². The van der Waals surface area contributed by atoms with E-state index in [1.54, 1.807) is 11.8 Å². The maximum absolute atomic E-state index is 14.6. The number of anilines is 1. The van der Waals surface area contributed by atoms with Crippen molar-refractivity contribution in [2.45, 2.75) is 43.9 Å². The molecule has 0 unspecified atom stereocenters. The van der Waals surface area contributed by atoms with Gasteiger partial charge in [-0.15, -0.1) is 0 Å². The van der Waals surface area contributed by atoms with Crippen molar-refractivity contribution in [1.82, 2.24) is 14.5 Å². The first-order valence-electron chi connectivity index (χ1n) is 11.2. The molecule has 1 aliphatic heterocycles. The highest BCUT2D eigenvalue weighted by molar-refractivity contribution is 5.93. The number of amides is 1. The Morgan fingerprint density at radius 1 is 1.25 bits per heavy atom. The zero-order chi connectivity index (χ0) is 26.1. The first kappa shape index (κ1) is 25.5. The number of aromatic nitrogens is 3. The molecule has 0 aliphatic carbocycles. The lowest BCUT2D eigenvalue weighted by molar-refractivity contribution is -0.605. The molecule has 12 heteroatoms. The minimum Gasteiger partial charge on any atom is -0.619 e. The summed E-state index contributed by atoms with van der Waals surface area (Å²) in [6, 6.07) is 7.12. The van der Waals surface area contributed by atoms with E-state index in [9.17, 15) is 32.0 Å². The van der Waals surface area contributed by atoms with Gasteiger partial charge in [-0.05, 0) is 24.1 Å². The number of likely N-dealkylation sites (tertiary alicyclic amines) is 1. The predicted molar refractivity (Wildman–Crippen MR) is 120 cm³/mol. The van der Waals surface area contributed by atoms with Crippen LogP contribution < -0.4 is 10.0 Å². The molecule has 1 amide bonds. The molecule has 192 valence electrons. The number of nitrogens with one attached hydrogen (secondary N) is 1. The van der Waals surface area contributed by atoms with Crippen molar-refractivity contribution in [1.29, 1.82) is 0 Å². The van der Waals surface area contributed by atoms with Crippen LogP contribution in [0.15, 0.2) is 61.3 Å².